The Bertz CT molecular complexity index is 369. The van der Waals surface area contributed by atoms with Crippen LogP contribution in [-0.2, 0) is 0 Å². The van der Waals surface area contributed by atoms with E-state index in [0.29, 0.717) is 12.2 Å². The molecular weight excluding hydrogens is 264 g/mol. The van der Waals surface area contributed by atoms with Gasteiger partial charge in [-0.05, 0) is 36.6 Å². The predicted octanol–water partition coefficient (Wildman–Crippen LogP) is 5.40. The second kappa shape index (κ2) is 12.2. The molecule has 0 amide bonds. The minimum atomic E-state index is -0.906. The van der Waals surface area contributed by atoms with Crippen LogP contribution < -0.4 is 4.74 Å². The molecule has 0 atom stereocenters. The second-order valence-corrected chi connectivity index (χ2v) is 5.27. The maximum Gasteiger partial charge on any atom is 0.335 e. The summed E-state index contributed by atoms with van der Waals surface area (Å²) in [6.07, 6.45) is 6.11. The van der Waals surface area contributed by atoms with E-state index in [1.165, 1.54) is 25.7 Å². The largest absolute Gasteiger partial charge is 0.494 e. The number of hydrogen-bond donors (Lipinski definition) is 1. The van der Waals surface area contributed by atoms with Gasteiger partial charge in [-0.15, -0.1) is 0 Å². The van der Waals surface area contributed by atoms with Crippen LogP contribution in [0.3, 0.4) is 0 Å². The lowest BCUT2D eigenvalue weighted by Gasteiger charge is -2.07. The van der Waals surface area contributed by atoms with Crippen molar-refractivity contribution >= 4 is 5.97 Å². The normalized spacial score (nSPS) is 9.95. The summed E-state index contributed by atoms with van der Waals surface area (Å²) in [6, 6.07) is 6.56. The van der Waals surface area contributed by atoms with E-state index in [4.69, 9.17) is 9.84 Å². The third kappa shape index (κ3) is 9.94. The van der Waals surface area contributed by atoms with Crippen molar-refractivity contribution in [1.29, 1.82) is 0 Å². The number of carboxylic acids is 1. The van der Waals surface area contributed by atoms with E-state index in [2.05, 4.69) is 13.8 Å². The molecule has 0 aliphatic rings. The van der Waals surface area contributed by atoms with Crippen molar-refractivity contribution in [2.45, 2.75) is 59.8 Å². The van der Waals surface area contributed by atoms with Gasteiger partial charge in [-0.2, -0.15) is 0 Å². The molecule has 0 spiro atoms. The van der Waals surface area contributed by atoms with Gasteiger partial charge in [0.25, 0.3) is 0 Å². The van der Waals surface area contributed by atoms with E-state index >= 15 is 0 Å². The number of unbranched alkanes of at least 4 members (excludes halogenated alkanes) is 3. The van der Waals surface area contributed by atoms with Crippen molar-refractivity contribution in [2.24, 2.45) is 5.92 Å². The van der Waals surface area contributed by atoms with Gasteiger partial charge in [0, 0.05) is 0 Å². The smallest absolute Gasteiger partial charge is 0.335 e. The van der Waals surface area contributed by atoms with Gasteiger partial charge in [0.2, 0.25) is 0 Å². The van der Waals surface area contributed by atoms with Crippen molar-refractivity contribution in [1.82, 2.24) is 0 Å². The molecule has 0 bridgehead atoms. The van der Waals surface area contributed by atoms with E-state index in [0.717, 1.165) is 18.1 Å². The minimum absolute atomic E-state index is 0.293. The highest BCUT2D eigenvalue weighted by Crippen LogP contribution is 2.14. The first-order valence-corrected chi connectivity index (χ1v) is 8.05. The van der Waals surface area contributed by atoms with E-state index in [-0.39, 0.29) is 0 Å². The molecule has 1 aromatic carbocycles. The minimum Gasteiger partial charge on any atom is -0.494 e. The summed E-state index contributed by atoms with van der Waals surface area (Å²) >= 11 is 0. The van der Waals surface area contributed by atoms with Crippen LogP contribution in [0.5, 0.6) is 5.75 Å². The van der Waals surface area contributed by atoms with E-state index in [9.17, 15) is 4.79 Å². The van der Waals surface area contributed by atoms with Gasteiger partial charge in [0.15, 0.2) is 0 Å². The number of carbonyl (C=O) groups is 1. The molecular formula is C18H30O3. The van der Waals surface area contributed by atoms with Crippen LogP contribution in [-0.4, -0.2) is 17.7 Å². The molecule has 0 radical (unpaired) electrons. The van der Waals surface area contributed by atoms with Gasteiger partial charge in [0.1, 0.15) is 5.75 Å². The van der Waals surface area contributed by atoms with Gasteiger partial charge >= 0.3 is 5.97 Å². The van der Waals surface area contributed by atoms with Crippen molar-refractivity contribution in [3.8, 4) is 5.75 Å². The number of aromatic carboxylic acids is 1. The van der Waals surface area contributed by atoms with E-state index in [1.807, 2.05) is 13.8 Å². The summed E-state index contributed by atoms with van der Waals surface area (Å²) in [5.74, 6) is 0.632. The van der Waals surface area contributed by atoms with Crippen LogP contribution in [0.2, 0.25) is 0 Å². The molecule has 0 fully saturated rings. The van der Waals surface area contributed by atoms with Gasteiger partial charge in [-0.25, -0.2) is 4.79 Å². The third-order valence-corrected chi connectivity index (χ3v) is 3.05. The Labute approximate surface area is 129 Å². The average Bonchev–Trinajstić information content (AvgIpc) is 2.48. The highest BCUT2D eigenvalue weighted by atomic mass is 16.5. The van der Waals surface area contributed by atoms with E-state index < -0.39 is 5.97 Å². The number of hydrogen-bond acceptors (Lipinski definition) is 2. The highest BCUT2D eigenvalue weighted by Gasteiger charge is 2.02. The zero-order valence-corrected chi connectivity index (χ0v) is 13.9. The van der Waals surface area contributed by atoms with Gasteiger partial charge < -0.3 is 9.84 Å². The standard InChI is InChI=1S/C16H24O3.C2H6/c1-13(2)7-5-3-4-6-12-19-15-10-8-14(9-11-15)16(17)18;1-2/h8-11,13H,3-7,12H2,1-2H3,(H,17,18);1-2H3. The molecule has 120 valence electrons. The summed E-state index contributed by atoms with van der Waals surface area (Å²) in [7, 11) is 0. The second-order valence-electron chi connectivity index (χ2n) is 5.27. The monoisotopic (exact) mass is 294 g/mol. The first kappa shape index (κ1) is 19.5. The van der Waals surface area contributed by atoms with Crippen LogP contribution in [0, 0.1) is 5.92 Å². The molecule has 0 heterocycles. The zero-order chi connectivity index (χ0) is 16.1. The Morgan fingerprint density at radius 1 is 1.05 bits per heavy atom. The molecule has 1 aromatic rings. The Balaban J connectivity index is 0.00000191. The summed E-state index contributed by atoms with van der Waals surface area (Å²) in [5, 5.41) is 8.77. The quantitative estimate of drug-likeness (QED) is 0.620. The van der Waals surface area contributed by atoms with Crippen LogP contribution in [0.25, 0.3) is 0 Å². The lowest BCUT2D eigenvalue weighted by Crippen LogP contribution is -1.99. The highest BCUT2D eigenvalue weighted by molar-refractivity contribution is 5.87. The fourth-order valence-electron chi connectivity index (χ4n) is 1.89. The summed E-state index contributed by atoms with van der Waals surface area (Å²) in [5.41, 5.74) is 0.293. The Morgan fingerprint density at radius 2 is 1.62 bits per heavy atom. The Morgan fingerprint density at radius 3 is 2.14 bits per heavy atom. The zero-order valence-electron chi connectivity index (χ0n) is 13.9. The molecule has 1 rings (SSSR count). The molecule has 3 nitrogen and oxygen atoms in total. The third-order valence-electron chi connectivity index (χ3n) is 3.05. The molecule has 0 unspecified atom stereocenters. The molecule has 0 saturated carbocycles. The first-order chi connectivity index (χ1) is 10.1. The van der Waals surface area contributed by atoms with Crippen LogP contribution in [0.1, 0.15) is 70.2 Å². The maximum atomic E-state index is 10.7. The molecule has 0 aliphatic heterocycles. The molecule has 1 N–H and O–H groups in total. The SMILES string of the molecule is CC.CC(C)CCCCCCOc1ccc(C(=O)O)cc1. The van der Waals surface area contributed by atoms with Crippen molar-refractivity contribution in [2.75, 3.05) is 6.61 Å². The van der Waals surface area contributed by atoms with Gasteiger partial charge in [-0.1, -0.05) is 53.4 Å². The molecule has 0 aliphatic carbocycles. The van der Waals surface area contributed by atoms with Gasteiger partial charge in [0.05, 0.1) is 12.2 Å². The molecule has 0 saturated heterocycles. The van der Waals surface area contributed by atoms with Crippen LogP contribution >= 0.6 is 0 Å². The van der Waals surface area contributed by atoms with Crippen LogP contribution in [0.4, 0.5) is 0 Å². The van der Waals surface area contributed by atoms with Crippen LogP contribution in [0.15, 0.2) is 24.3 Å². The first-order valence-electron chi connectivity index (χ1n) is 8.05. The average molecular weight is 294 g/mol. The number of benzene rings is 1. The molecule has 0 aromatic heterocycles. The predicted molar refractivity (Wildman–Crippen MR) is 88.2 cm³/mol. The topological polar surface area (TPSA) is 46.5 Å². The van der Waals surface area contributed by atoms with Crippen molar-refractivity contribution in [3.63, 3.8) is 0 Å². The Kier molecular flexibility index (Phi) is 11.4. The number of carboxylic acid groups (broad SMARTS) is 1. The fraction of sp³-hybridized carbons (Fsp3) is 0.611. The van der Waals surface area contributed by atoms with E-state index in [1.54, 1.807) is 24.3 Å². The van der Waals surface area contributed by atoms with Crippen molar-refractivity contribution < 1.29 is 14.6 Å². The summed E-state index contributed by atoms with van der Waals surface area (Å²) in [4.78, 5) is 10.7. The number of ether oxygens (including phenoxy) is 1. The van der Waals surface area contributed by atoms with Gasteiger partial charge in [-0.3, -0.25) is 0 Å². The summed E-state index contributed by atoms with van der Waals surface area (Å²) in [6.45, 7) is 9.21. The number of rotatable bonds is 9. The summed E-state index contributed by atoms with van der Waals surface area (Å²) < 4.78 is 5.58. The van der Waals surface area contributed by atoms with Crippen molar-refractivity contribution in [3.05, 3.63) is 29.8 Å². The fourth-order valence-corrected chi connectivity index (χ4v) is 1.89. The Hall–Kier alpha value is -1.51. The molecule has 3 heteroatoms. The maximum absolute atomic E-state index is 10.7. The lowest BCUT2D eigenvalue weighted by atomic mass is 10.0. The lowest BCUT2D eigenvalue weighted by molar-refractivity contribution is 0.0697. The molecule has 21 heavy (non-hydrogen) atoms.